The summed E-state index contributed by atoms with van der Waals surface area (Å²) in [5, 5.41) is 21.5. The molecule has 332 valence electrons. The number of carbonyl (C=O) groups excluding carboxylic acids is 4. The summed E-state index contributed by atoms with van der Waals surface area (Å²) in [4.78, 5) is 75.0. The van der Waals surface area contributed by atoms with Gasteiger partial charge in [-0.3, -0.25) is 14.4 Å². The zero-order valence-electron chi connectivity index (χ0n) is 33.7. The van der Waals surface area contributed by atoms with Crippen LogP contribution in [0.3, 0.4) is 0 Å². The first-order valence-electron chi connectivity index (χ1n) is 18.8. The Labute approximate surface area is 349 Å². The first-order valence-corrected chi connectivity index (χ1v) is 18.8. The maximum Gasteiger partial charge on any atom is 0.348 e. The molecule has 4 amide bonds. The van der Waals surface area contributed by atoms with Crippen LogP contribution >= 0.6 is 0 Å². The minimum atomic E-state index is -0.587. The lowest BCUT2D eigenvalue weighted by atomic mass is 10.2. The van der Waals surface area contributed by atoms with Gasteiger partial charge in [-0.15, -0.1) is 0 Å². The van der Waals surface area contributed by atoms with E-state index in [9.17, 15) is 28.8 Å². The number of rotatable bonds is 30. The molecule has 0 fully saturated rings. The molecule has 0 saturated heterocycles. The standard InChI is InChI=1S/C19H28N6O6.C17H23N7O6/c1-15(26)14-22-19(28)24-17-4-2-16(3-5-17)18(27)21-6-8-29-10-12-31-13-11-30-9-7-23-25-20;18-23-20-6-8-29-10-12-30-11-9-28-7-5-19-15(25)13-1-3-14(4-2-13)24-16(26)21-22-17(24)27/h2-5H,6-14H2,1H3,(H,21,27)(H2,22,24,28);1-4H,5-12H2,(H,19,25)(H,21,26)(H,22,27). The molecule has 6 N–H and O–H groups in total. The number of urea groups is 1. The van der Waals surface area contributed by atoms with Gasteiger partial charge in [0.25, 0.3) is 11.8 Å². The third-order valence-corrected chi connectivity index (χ3v) is 7.32. The fourth-order valence-corrected chi connectivity index (χ4v) is 4.45. The topological polar surface area (TPSA) is 340 Å². The molecule has 3 aromatic rings. The Balaban J connectivity index is 0.000000420. The Morgan fingerprint density at radius 3 is 1.39 bits per heavy atom. The molecule has 0 aliphatic rings. The number of amides is 4. The maximum absolute atomic E-state index is 12.1. The van der Waals surface area contributed by atoms with Gasteiger partial charge in [0, 0.05) is 52.8 Å². The number of H-pyrrole nitrogens is 2. The number of ketones is 1. The zero-order chi connectivity index (χ0) is 44.3. The van der Waals surface area contributed by atoms with E-state index in [-0.39, 0.29) is 24.1 Å². The first kappa shape index (κ1) is 50.6. The van der Waals surface area contributed by atoms with Crippen LogP contribution in [0, 0.1) is 0 Å². The second kappa shape index (κ2) is 32.3. The first-order chi connectivity index (χ1) is 29.7. The predicted molar refractivity (Wildman–Crippen MR) is 219 cm³/mol. The third kappa shape index (κ3) is 23.6. The van der Waals surface area contributed by atoms with Crippen molar-refractivity contribution in [3.63, 3.8) is 0 Å². The van der Waals surface area contributed by atoms with E-state index in [0.717, 1.165) is 4.57 Å². The molecule has 0 radical (unpaired) electrons. The smallest absolute Gasteiger partial charge is 0.348 e. The maximum atomic E-state index is 12.1. The van der Waals surface area contributed by atoms with Crippen LogP contribution in [-0.4, -0.2) is 150 Å². The molecule has 0 atom stereocenters. The van der Waals surface area contributed by atoms with E-state index < -0.39 is 17.4 Å². The number of nitrogens with zero attached hydrogens (tertiary/aromatic N) is 7. The van der Waals surface area contributed by atoms with Gasteiger partial charge in [-0.2, -0.15) is 0 Å². The Bertz CT molecular complexity index is 1930. The van der Waals surface area contributed by atoms with Crippen molar-refractivity contribution in [3.05, 3.63) is 102 Å². The van der Waals surface area contributed by atoms with E-state index in [1.54, 1.807) is 24.3 Å². The molecule has 0 aliphatic carbocycles. The molecule has 25 nitrogen and oxygen atoms in total. The van der Waals surface area contributed by atoms with E-state index in [1.165, 1.54) is 31.2 Å². The molecule has 0 spiro atoms. The van der Waals surface area contributed by atoms with Crippen LogP contribution < -0.4 is 32.6 Å². The summed E-state index contributed by atoms with van der Waals surface area (Å²) < 4.78 is 32.6. The fourth-order valence-electron chi connectivity index (χ4n) is 4.45. The molecule has 0 saturated carbocycles. The molecule has 0 bridgehead atoms. The third-order valence-electron chi connectivity index (χ3n) is 7.32. The summed E-state index contributed by atoms with van der Waals surface area (Å²) >= 11 is 0. The quantitative estimate of drug-likeness (QED) is 0.0240. The average molecular weight is 858 g/mol. The van der Waals surface area contributed by atoms with Crippen LogP contribution in [-0.2, 0) is 33.2 Å². The second-order valence-corrected chi connectivity index (χ2v) is 11.9. The van der Waals surface area contributed by atoms with E-state index in [2.05, 4.69) is 51.5 Å². The number of azide groups is 2. The van der Waals surface area contributed by atoms with Gasteiger partial charge in [0.2, 0.25) is 0 Å². The van der Waals surface area contributed by atoms with Crippen molar-refractivity contribution in [1.82, 2.24) is 30.7 Å². The normalized spacial score (nSPS) is 10.3. The molecule has 1 heterocycles. The predicted octanol–water partition coefficient (Wildman–Crippen LogP) is 1.43. The molecule has 3 rings (SSSR count). The number of aromatic nitrogens is 3. The van der Waals surface area contributed by atoms with E-state index >= 15 is 0 Å². The van der Waals surface area contributed by atoms with Crippen molar-refractivity contribution in [2.24, 2.45) is 10.2 Å². The van der Waals surface area contributed by atoms with Crippen molar-refractivity contribution in [2.75, 3.05) is 117 Å². The minimum Gasteiger partial charge on any atom is -0.379 e. The molecular weight excluding hydrogens is 806 g/mol. The lowest BCUT2D eigenvalue weighted by Crippen LogP contribution is -2.32. The number of ether oxygens (including phenoxy) is 6. The highest BCUT2D eigenvalue weighted by molar-refractivity contribution is 5.96. The van der Waals surface area contributed by atoms with Gasteiger partial charge >= 0.3 is 17.4 Å². The minimum absolute atomic E-state index is 0.0466. The highest BCUT2D eigenvalue weighted by Gasteiger charge is 2.10. The number of aromatic amines is 2. The van der Waals surface area contributed by atoms with Gasteiger partial charge in [-0.25, -0.2) is 29.1 Å². The molecule has 61 heavy (non-hydrogen) atoms. The largest absolute Gasteiger partial charge is 0.379 e. The summed E-state index contributed by atoms with van der Waals surface area (Å²) in [6, 6.07) is 11.9. The molecule has 0 aliphatic heterocycles. The SMILES string of the molecule is CC(=O)CNC(=O)Nc1ccc(C(=O)NCCOCCOCCOCCN=[N+]=[N-])cc1.[N-]=[N+]=NCCOCCOCCOCCNC(=O)c1ccc(-n2c(=O)[nH][nH]c2=O)cc1. The number of anilines is 1. The van der Waals surface area contributed by atoms with Gasteiger partial charge in [-0.1, -0.05) is 10.2 Å². The second-order valence-electron chi connectivity index (χ2n) is 11.9. The van der Waals surface area contributed by atoms with Gasteiger partial charge in [-0.05, 0) is 66.5 Å². The number of benzene rings is 2. The lowest BCUT2D eigenvalue weighted by Gasteiger charge is -2.09. The number of nitrogens with one attached hydrogen (secondary N) is 6. The zero-order valence-corrected chi connectivity index (χ0v) is 33.7. The fraction of sp³-hybridized carbons (Fsp3) is 0.500. The van der Waals surface area contributed by atoms with E-state index in [1.807, 2.05) is 0 Å². The summed E-state index contributed by atoms with van der Waals surface area (Å²) in [5.74, 6) is -0.705. The summed E-state index contributed by atoms with van der Waals surface area (Å²) in [5.41, 5.74) is 16.7. The monoisotopic (exact) mass is 857 g/mol. The van der Waals surface area contributed by atoms with Crippen molar-refractivity contribution in [3.8, 4) is 5.69 Å². The number of Topliss-reactive ketones (excluding diaryl/α,β-unsaturated/α-hetero) is 1. The van der Waals surface area contributed by atoms with Crippen molar-refractivity contribution in [1.29, 1.82) is 0 Å². The van der Waals surface area contributed by atoms with Gasteiger partial charge in [0.1, 0.15) is 5.78 Å². The van der Waals surface area contributed by atoms with Crippen LogP contribution in [0.4, 0.5) is 10.5 Å². The molecule has 1 aromatic heterocycles. The van der Waals surface area contributed by atoms with Crippen LogP contribution in [0.5, 0.6) is 0 Å². The van der Waals surface area contributed by atoms with Crippen LogP contribution in [0.15, 0.2) is 68.3 Å². The van der Waals surface area contributed by atoms with Crippen LogP contribution in [0.1, 0.15) is 27.6 Å². The highest BCUT2D eigenvalue weighted by atomic mass is 16.5. The Kier molecular flexibility index (Phi) is 26.8. The average Bonchev–Trinajstić information content (AvgIpc) is 3.60. The summed E-state index contributed by atoms with van der Waals surface area (Å²) in [7, 11) is 0. The van der Waals surface area contributed by atoms with Crippen molar-refractivity contribution < 1.29 is 47.6 Å². The molecule has 2 aromatic carbocycles. The summed E-state index contributed by atoms with van der Waals surface area (Å²) in [6.07, 6.45) is 0. The van der Waals surface area contributed by atoms with E-state index in [4.69, 9.17) is 39.5 Å². The van der Waals surface area contributed by atoms with Gasteiger partial charge in [0.05, 0.1) is 91.5 Å². The molecular formula is C36H51N13O12. The van der Waals surface area contributed by atoms with E-state index in [0.29, 0.717) is 128 Å². The number of hydrogen-bond acceptors (Lipinski definition) is 14. The van der Waals surface area contributed by atoms with Gasteiger partial charge < -0.3 is 49.7 Å². The lowest BCUT2D eigenvalue weighted by molar-refractivity contribution is -0.116. The highest BCUT2D eigenvalue weighted by Crippen LogP contribution is 2.09. The van der Waals surface area contributed by atoms with Crippen LogP contribution in [0.2, 0.25) is 0 Å². The van der Waals surface area contributed by atoms with Crippen molar-refractivity contribution >= 4 is 29.3 Å². The van der Waals surface area contributed by atoms with Crippen molar-refractivity contribution in [2.45, 2.75) is 6.92 Å². The Hall–Kier alpha value is -6.56. The molecule has 25 heteroatoms. The number of carbonyl (C=O) groups is 4. The van der Waals surface area contributed by atoms with Crippen LogP contribution in [0.25, 0.3) is 26.6 Å². The Morgan fingerprint density at radius 2 is 0.984 bits per heavy atom. The van der Waals surface area contributed by atoms with Gasteiger partial charge in [0.15, 0.2) is 0 Å². The Morgan fingerprint density at radius 1 is 0.590 bits per heavy atom. The number of hydrogen-bond donors (Lipinski definition) is 6. The molecule has 0 unspecified atom stereocenters. The summed E-state index contributed by atoms with van der Waals surface area (Å²) in [6.45, 7) is 7.18.